The molecule has 2 rings (SSSR count). The molecule has 1 aromatic carbocycles. The standard InChI is InChI=1S/C13H17NS/c1-10(14)11-5-4-8-13(9-11)15-12-6-2-3-7-12/h4-5,8-9,12,14H,2-3,6-7H2,1H3. The summed E-state index contributed by atoms with van der Waals surface area (Å²) in [5, 5.41) is 8.42. The Bertz CT molecular complexity index is 353. The van der Waals surface area contributed by atoms with Crippen molar-refractivity contribution >= 4 is 17.5 Å². The van der Waals surface area contributed by atoms with Crippen molar-refractivity contribution in [2.45, 2.75) is 42.8 Å². The van der Waals surface area contributed by atoms with Gasteiger partial charge >= 0.3 is 0 Å². The van der Waals surface area contributed by atoms with E-state index < -0.39 is 0 Å². The molecule has 80 valence electrons. The van der Waals surface area contributed by atoms with E-state index in [0.717, 1.165) is 10.8 Å². The summed E-state index contributed by atoms with van der Waals surface area (Å²) in [4.78, 5) is 1.33. The van der Waals surface area contributed by atoms with Crippen LogP contribution < -0.4 is 0 Å². The van der Waals surface area contributed by atoms with E-state index in [1.807, 2.05) is 24.8 Å². The second-order valence-corrected chi connectivity index (χ2v) is 5.55. The Balaban J connectivity index is 2.07. The van der Waals surface area contributed by atoms with Crippen molar-refractivity contribution in [1.29, 1.82) is 5.41 Å². The first-order chi connectivity index (χ1) is 7.25. The van der Waals surface area contributed by atoms with E-state index in [4.69, 9.17) is 5.41 Å². The third-order valence-corrected chi connectivity index (χ3v) is 4.20. The van der Waals surface area contributed by atoms with Crippen LogP contribution in [-0.4, -0.2) is 11.0 Å². The van der Waals surface area contributed by atoms with E-state index in [9.17, 15) is 0 Å². The Kier molecular flexibility index (Phi) is 3.47. The van der Waals surface area contributed by atoms with Crippen molar-refractivity contribution in [3.63, 3.8) is 0 Å². The second kappa shape index (κ2) is 4.84. The van der Waals surface area contributed by atoms with Crippen molar-refractivity contribution in [2.24, 2.45) is 0 Å². The summed E-state index contributed by atoms with van der Waals surface area (Å²) in [6, 6.07) is 8.38. The summed E-state index contributed by atoms with van der Waals surface area (Å²) in [5.74, 6) is 0. The van der Waals surface area contributed by atoms with Gasteiger partial charge in [-0.25, -0.2) is 0 Å². The average Bonchev–Trinajstić information content (AvgIpc) is 2.71. The summed E-state index contributed by atoms with van der Waals surface area (Å²) in [7, 11) is 0. The molecule has 0 unspecified atom stereocenters. The minimum atomic E-state index is 0.656. The van der Waals surface area contributed by atoms with Gasteiger partial charge in [0.2, 0.25) is 0 Å². The second-order valence-electron chi connectivity index (χ2n) is 4.18. The zero-order chi connectivity index (χ0) is 10.7. The maximum Gasteiger partial charge on any atom is 0.0355 e. The van der Waals surface area contributed by atoms with Crippen molar-refractivity contribution < 1.29 is 0 Å². The van der Waals surface area contributed by atoms with Gasteiger partial charge in [0.05, 0.1) is 0 Å². The third-order valence-electron chi connectivity index (χ3n) is 2.87. The highest BCUT2D eigenvalue weighted by Gasteiger charge is 2.16. The zero-order valence-electron chi connectivity index (χ0n) is 9.12. The fraction of sp³-hybridized carbons (Fsp3) is 0.462. The molecule has 0 radical (unpaired) electrons. The van der Waals surface area contributed by atoms with Gasteiger partial charge in [-0.05, 0) is 37.5 Å². The van der Waals surface area contributed by atoms with Crippen LogP contribution in [0.2, 0.25) is 0 Å². The van der Waals surface area contributed by atoms with Crippen LogP contribution in [0.15, 0.2) is 29.2 Å². The van der Waals surface area contributed by atoms with E-state index in [-0.39, 0.29) is 0 Å². The summed E-state index contributed by atoms with van der Waals surface area (Å²) in [6.07, 6.45) is 5.50. The average molecular weight is 219 g/mol. The van der Waals surface area contributed by atoms with Crippen LogP contribution in [0.1, 0.15) is 38.2 Å². The number of rotatable bonds is 3. The molecule has 1 nitrogen and oxygen atoms in total. The molecule has 1 aliphatic rings. The van der Waals surface area contributed by atoms with Gasteiger partial charge < -0.3 is 5.41 Å². The van der Waals surface area contributed by atoms with Crippen molar-refractivity contribution in [3.05, 3.63) is 29.8 Å². The summed E-state index contributed by atoms with van der Waals surface area (Å²) < 4.78 is 0. The van der Waals surface area contributed by atoms with Crippen molar-refractivity contribution in [1.82, 2.24) is 0 Å². The first kappa shape index (κ1) is 10.7. The van der Waals surface area contributed by atoms with Crippen LogP contribution >= 0.6 is 11.8 Å². The van der Waals surface area contributed by atoms with E-state index in [1.165, 1.54) is 30.6 Å². The lowest BCUT2D eigenvalue weighted by Crippen LogP contribution is -1.95. The van der Waals surface area contributed by atoms with Gasteiger partial charge in [0.25, 0.3) is 0 Å². The Hall–Kier alpha value is -0.760. The molecule has 1 aliphatic carbocycles. The van der Waals surface area contributed by atoms with Gasteiger partial charge in [-0.1, -0.05) is 25.0 Å². The molecule has 15 heavy (non-hydrogen) atoms. The number of hydrogen-bond donors (Lipinski definition) is 1. The molecular formula is C13H17NS. The van der Waals surface area contributed by atoms with Crippen molar-refractivity contribution in [3.8, 4) is 0 Å². The van der Waals surface area contributed by atoms with Crippen LogP contribution in [0, 0.1) is 5.41 Å². The maximum atomic E-state index is 7.61. The summed E-state index contributed by atoms with van der Waals surface area (Å²) >= 11 is 1.99. The lowest BCUT2D eigenvalue weighted by Gasteiger charge is -2.09. The molecule has 0 spiro atoms. The molecule has 1 aromatic rings. The van der Waals surface area contributed by atoms with Gasteiger partial charge in [-0.2, -0.15) is 0 Å². The normalized spacial score (nSPS) is 16.9. The van der Waals surface area contributed by atoms with Crippen LogP contribution in [-0.2, 0) is 0 Å². The summed E-state index contributed by atoms with van der Waals surface area (Å²) in [5.41, 5.74) is 1.71. The monoisotopic (exact) mass is 219 g/mol. The van der Waals surface area contributed by atoms with E-state index in [2.05, 4.69) is 18.2 Å². The molecule has 0 aliphatic heterocycles. The fourth-order valence-electron chi connectivity index (χ4n) is 2.00. The first-order valence-electron chi connectivity index (χ1n) is 5.58. The molecule has 0 amide bonds. The molecule has 0 atom stereocenters. The Morgan fingerprint density at radius 1 is 1.33 bits per heavy atom. The van der Waals surface area contributed by atoms with Gasteiger partial charge in [0, 0.05) is 15.9 Å². The molecule has 1 fully saturated rings. The Morgan fingerprint density at radius 3 is 2.73 bits per heavy atom. The van der Waals surface area contributed by atoms with Gasteiger partial charge in [0.15, 0.2) is 0 Å². The number of nitrogens with one attached hydrogen (secondary N) is 1. The fourth-order valence-corrected chi connectivity index (χ4v) is 3.31. The van der Waals surface area contributed by atoms with E-state index >= 15 is 0 Å². The first-order valence-corrected chi connectivity index (χ1v) is 6.46. The molecule has 1 N–H and O–H groups in total. The van der Waals surface area contributed by atoms with E-state index in [1.54, 1.807) is 0 Å². The van der Waals surface area contributed by atoms with Gasteiger partial charge in [-0.15, -0.1) is 11.8 Å². The zero-order valence-corrected chi connectivity index (χ0v) is 9.94. The number of benzene rings is 1. The minimum absolute atomic E-state index is 0.656. The quantitative estimate of drug-likeness (QED) is 0.760. The topological polar surface area (TPSA) is 23.9 Å². The summed E-state index contributed by atoms with van der Waals surface area (Å²) in [6.45, 7) is 1.85. The van der Waals surface area contributed by atoms with Gasteiger partial charge in [-0.3, -0.25) is 0 Å². The SMILES string of the molecule is CC(=N)c1cccc(SC2CCCC2)c1. The highest BCUT2D eigenvalue weighted by Crippen LogP contribution is 2.34. The minimum Gasteiger partial charge on any atom is -0.305 e. The van der Waals surface area contributed by atoms with Crippen LogP contribution in [0.25, 0.3) is 0 Å². The predicted octanol–water partition coefficient (Wildman–Crippen LogP) is 4.11. The van der Waals surface area contributed by atoms with Gasteiger partial charge in [0.1, 0.15) is 0 Å². The van der Waals surface area contributed by atoms with Crippen LogP contribution in [0.5, 0.6) is 0 Å². The largest absolute Gasteiger partial charge is 0.305 e. The molecule has 0 bridgehead atoms. The number of thioether (sulfide) groups is 1. The Morgan fingerprint density at radius 2 is 2.07 bits per heavy atom. The maximum absolute atomic E-state index is 7.61. The highest BCUT2D eigenvalue weighted by molar-refractivity contribution is 8.00. The third kappa shape index (κ3) is 2.85. The lowest BCUT2D eigenvalue weighted by atomic mass is 10.1. The predicted molar refractivity (Wildman–Crippen MR) is 67.1 cm³/mol. The molecule has 0 aromatic heterocycles. The molecular weight excluding hydrogens is 202 g/mol. The molecule has 2 heteroatoms. The highest BCUT2D eigenvalue weighted by atomic mass is 32.2. The lowest BCUT2D eigenvalue weighted by molar-refractivity contribution is 0.886. The van der Waals surface area contributed by atoms with Crippen molar-refractivity contribution in [2.75, 3.05) is 0 Å². The molecule has 0 saturated heterocycles. The smallest absolute Gasteiger partial charge is 0.0355 e. The molecule has 0 heterocycles. The Labute approximate surface area is 95.8 Å². The van der Waals surface area contributed by atoms with Crippen LogP contribution in [0.4, 0.5) is 0 Å². The molecule has 1 saturated carbocycles. The van der Waals surface area contributed by atoms with Crippen LogP contribution in [0.3, 0.4) is 0 Å². The van der Waals surface area contributed by atoms with E-state index in [0.29, 0.717) is 5.71 Å². The number of hydrogen-bond acceptors (Lipinski definition) is 2.